The lowest BCUT2D eigenvalue weighted by Crippen LogP contribution is -2.09. The zero-order valence-electron chi connectivity index (χ0n) is 11.0. The molecule has 2 aromatic rings. The van der Waals surface area contributed by atoms with E-state index in [1.54, 1.807) is 32.0 Å². The molecule has 7 nitrogen and oxygen atoms in total. The number of aromatic nitrogens is 2. The van der Waals surface area contributed by atoms with Crippen molar-refractivity contribution in [3.63, 3.8) is 0 Å². The molecule has 7 heteroatoms. The van der Waals surface area contributed by atoms with E-state index >= 15 is 0 Å². The molecular formula is C13H13N3O4. The second kappa shape index (κ2) is 5.12. The summed E-state index contributed by atoms with van der Waals surface area (Å²) in [5.74, 6) is -1.03. The van der Waals surface area contributed by atoms with Crippen molar-refractivity contribution in [2.24, 2.45) is 0 Å². The van der Waals surface area contributed by atoms with E-state index in [4.69, 9.17) is 5.11 Å². The lowest BCUT2D eigenvalue weighted by Gasteiger charge is -2.07. The summed E-state index contributed by atoms with van der Waals surface area (Å²) in [4.78, 5) is 21.6. The van der Waals surface area contributed by atoms with E-state index in [-0.39, 0.29) is 17.8 Å². The van der Waals surface area contributed by atoms with E-state index in [0.717, 1.165) is 0 Å². The zero-order valence-corrected chi connectivity index (χ0v) is 11.0. The molecule has 104 valence electrons. The third-order valence-corrected chi connectivity index (χ3v) is 3.09. The van der Waals surface area contributed by atoms with E-state index < -0.39 is 10.9 Å². The van der Waals surface area contributed by atoms with Crippen molar-refractivity contribution in [1.82, 2.24) is 9.78 Å². The standard InChI is InChI=1S/C13H13N3O4/c1-8-12(16(19)20)9(2)15(14-8)7-10-5-3-4-6-11(10)13(17)18/h3-6H,7H2,1-2H3,(H,17,18). The highest BCUT2D eigenvalue weighted by Gasteiger charge is 2.22. The minimum absolute atomic E-state index is 0.0298. The van der Waals surface area contributed by atoms with Gasteiger partial charge in [-0.05, 0) is 25.5 Å². The van der Waals surface area contributed by atoms with E-state index in [1.165, 1.54) is 10.7 Å². The first-order chi connectivity index (χ1) is 9.41. The topological polar surface area (TPSA) is 98.3 Å². The number of hydrogen-bond donors (Lipinski definition) is 1. The Morgan fingerprint density at radius 1 is 1.40 bits per heavy atom. The number of aryl methyl sites for hydroxylation is 1. The molecule has 0 atom stereocenters. The molecule has 2 rings (SSSR count). The average Bonchev–Trinajstić information content (AvgIpc) is 2.64. The first kappa shape index (κ1) is 13.7. The van der Waals surface area contributed by atoms with Crippen LogP contribution in [0.3, 0.4) is 0 Å². The highest BCUT2D eigenvalue weighted by atomic mass is 16.6. The molecule has 0 amide bonds. The molecule has 1 aromatic heterocycles. The first-order valence-corrected chi connectivity index (χ1v) is 5.91. The Morgan fingerprint density at radius 2 is 2.05 bits per heavy atom. The number of hydrogen-bond acceptors (Lipinski definition) is 4. The van der Waals surface area contributed by atoms with Crippen molar-refractivity contribution in [2.75, 3.05) is 0 Å². The predicted octanol–water partition coefficient (Wildman–Crippen LogP) is 2.15. The van der Waals surface area contributed by atoms with Crippen molar-refractivity contribution in [1.29, 1.82) is 0 Å². The number of nitrogens with zero attached hydrogens (tertiary/aromatic N) is 3. The van der Waals surface area contributed by atoms with Crippen LogP contribution in [0, 0.1) is 24.0 Å². The molecule has 20 heavy (non-hydrogen) atoms. The molecule has 0 saturated heterocycles. The summed E-state index contributed by atoms with van der Waals surface area (Å²) in [7, 11) is 0. The normalized spacial score (nSPS) is 10.5. The Balaban J connectivity index is 2.44. The monoisotopic (exact) mass is 275 g/mol. The SMILES string of the molecule is Cc1nn(Cc2ccccc2C(=O)O)c(C)c1[N+](=O)[O-]. The second-order valence-corrected chi connectivity index (χ2v) is 4.40. The van der Waals surface area contributed by atoms with Gasteiger partial charge in [0.1, 0.15) is 11.4 Å². The van der Waals surface area contributed by atoms with Gasteiger partial charge in [0.05, 0.1) is 17.0 Å². The van der Waals surface area contributed by atoms with E-state index in [2.05, 4.69) is 5.10 Å². The average molecular weight is 275 g/mol. The minimum Gasteiger partial charge on any atom is -0.478 e. The fourth-order valence-corrected chi connectivity index (χ4v) is 2.13. The smallest absolute Gasteiger partial charge is 0.336 e. The number of rotatable bonds is 4. The van der Waals surface area contributed by atoms with Gasteiger partial charge in [-0.25, -0.2) is 4.79 Å². The first-order valence-electron chi connectivity index (χ1n) is 5.91. The molecular weight excluding hydrogens is 262 g/mol. The van der Waals surface area contributed by atoms with Crippen LogP contribution >= 0.6 is 0 Å². The number of carbonyl (C=O) groups is 1. The lowest BCUT2D eigenvalue weighted by atomic mass is 10.1. The van der Waals surface area contributed by atoms with Gasteiger partial charge in [-0.1, -0.05) is 18.2 Å². The van der Waals surface area contributed by atoms with Gasteiger partial charge in [-0.3, -0.25) is 14.8 Å². The van der Waals surface area contributed by atoms with Crippen LogP contribution < -0.4 is 0 Å². The Kier molecular flexibility index (Phi) is 3.51. The van der Waals surface area contributed by atoms with Gasteiger partial charge >= 0.3 is 11.7 Å². The molecule has 0 radical (unpaired) electrons. The molecule has 0 aliphatic carbocycles. The number of aromatic carboxylic acids is 1. The molecule has 0 saturated carbocycles. The van der Waals surface area contributed by atoms with Crippen molar-refractivity contribution >= 4 is 11.7 Å². The fraction of sp³-hybridized carbons (Fsp3) is 0.231. The summed E-state index contributed by atoms with van der Waals surface area (Å²) in [5.41, 5.74) is 1.43. The zero-order chi connectivity index (χ0) is 14.9. The van der Waals surface area contributed by atoms with Crippen LogP contribution in [0.5, 0.6) is 0 Å². The second-order valence-electron chi connectivity index (χ2n) is 4.40. The lowest BCUT2D eigenvalue weighted by molar-refractivity contribution is -0.386. The summed E-state index contributed by atoms with van der Waals surface area (Å²) in [6.45, 7) is 3.34. The molecule has 0 aliphatic heterocycles. The highest BCUT2D eigenvalue weighted by molar-refractivity contribution is 5.89. The minimum atomic E-state index is -1.03. The summed E-state index contributed by atoms with van der Waals surface area (Å²) in [6.07, 6.45) is 0. The van der Waals surface area contributed by atoms with E-state index in [9.17, 15) is 14.9 Å². The largest absolute Gasteiger partial charge is 0.478 e. The van der Waals surface area contributed by atoms with Crippen molar-refractivity contribution in [2.45, 2.75) is 20.4 Å². The van der Waals surface area contributed by atoms with Gasteiger partial charge in [-0.15, -0.1) is 0 Å². The van der Waals surface area contributed by atoms with Crippen LogP contribution in [-0.4, -0.2) is 25.8 Å². The van der Waals surface area contributed by atoms with Gasteiger partial charge in [0, 0.05) is 0 Å². The summed E-state index contributed by atoms with van der Waals surface area (Å²) in [5, 5.41) is 24.2. The van der Waals surface area contributed by atoms with Gasteiger partial charge in [0.25, 0.3) is 0 Å². The Labute approximate surface area is 114 Å². The number of benzene rings is 1. The predicted molar refractivity (Wildman–Crippen MR) is 70.9 cm³/mol. The van der Waals surface area contributed by atoms with Crippen LogP contribution in [0.15, 0.2) is 24.3 Å². The van der Waals surface area contributed by atoms with Gasteiger partial charge in [0.15, 0.2) is 0 Å². The third kappa shape index (κ3) is 2.37. The molecule has 0 aliphatic rings. The summed E-state index contributed by atoms with van der Waals surface area (Å²) >= 11 is 0. The fourth-order valence-electron chi connectivity index (χ4n) is 2.13. The maximum absolute atomic E-state index is 11.1. The Hall–Kier alpha value is -2.70. The number of nitro groups is 1. The van der Waals surface area contributed by atoms with Crippen molar-refractivity contribution < 1.29 is 14.8 Å². The van der Waals surface area contributed by atoms with Crippen LogP contribution in [0.2, 0.25) is 0 Å². The van der Waals surface area contributed by atoms with Crippen molar-refractivity contribution in [3.8, 4) is 0 Å². The van der Waals surface area contributed by atoms with Crippen LogP contribution in [0.1, 0.15) is 27.3 Å². The summed E-state index contributed by atoms with van der Waals surface area (Å²) in [6, 6.07) is 6.53. The number of carboxylic acids is 1. The highest BCUT2D eigenvalue weighted by Crippen LogP contribution is 2.23. The maximum Gasteiger partial charge on any atom is 0.336 e. The van der Waals surface area contributed by atoms with Gasteiger partial charge < -0.3 is 5.11 Å². The molecule has 0 spiro atoms. The van der Waals surface area contributed by atoms with Crippen molar-refractivity contribution in [3.05, 3.63) is 56.9 Å². The number of carboxylic acid groups (broad SMARTS) is 1. The van der Waals surface area contributed by atoms with E-state index in [0.29, 0.717) is 17.0 Å². The Morgan fingerprint density at radius 3 is 2.60 bits per heavy atom. The molecule has 0 unspecified atom stereocenters. The molecule has 1 aromatic carbocycles. The van der Waals surface area contributed by atoms with E-state index in [1.807, 2.05) is 0 Å². The molecule has 0 bridgehead atoms. The van der Waals surface area contributed by atoms with Crippen LogP contribution in [0.4, 0.5) is 5.69 Å². The van der Waals surface area contributed by atoms with Crippen LogP contribution in [-0.2, 0) is 6.54 Å². The molecule has 0 fully saturated rings. The third-order valence-electron chi connectivity index (χ3n) is 3.09. The Bertz CT molecular complexity index is 691. The maximum atomic E-state index is 11.1. The quantitative estimate of drug-likeness (QED) is 0.681. The van der Waals surface area contributed by atoms with Gasteiger partial charge in [-0.2, -0.15) is 5.10 Å². The van der Waals surface area contributed by atoms with Gasteiger partial charge in [0.2, 0.25) is 0 Å². The molecule has 1 N–H and O–H groups in total. The van der Waals surface area contributed by atoms with Crippen LogP contribution in [0.25, 0.3) is 0 Å². The molecule has 1 heterocycles. The summed E-state index contributed by atoms with van der Waals surface area (Å²) < 4.78 is 1.45.